The smallest absolute Gasteiger partial charge is 0.180 e. The van der Waals surface area contributed by atoms with E-state index in [2.05, 4.69) is 4.98 Å². The molecule has 0 saturated heterocycles. The van der Waals surface area contributed by atoms with Gasteiger partial charge in [0.2, 0.25) is 0 Å². The van der Waals surface area contributed by atoms with Crippen molar-refractivity contribution in [3.8, 4) is 0 Å². The molecule has 0 radical (unpaired) electrons. The van der Waals surface area contributed by atoms with Crippen LogP contribution in [0.15, 0.2) is 6.20 Å². The van der Waals surface area contributed by atoms with Crippen molar-refractivity contribution < 1.29 is 0 Å². The molecule has 0 bridgehead atoms. The fourth-order valence-corrected chi connectivity index (χ4v) is 2.04. The molecule has 11 heavy (non-hydrogen) atoms. The standard InChI is InChI=1S/C7H10N2S.ClH/c8-7-9-4-6(10-7)5-2-1-3-5;/h4-5H,1-3H2,(H2,8,9);1H. The lowest BCUT2D eigenvalue weighted by Gasteiger charge is -2.23. The second-order valence-electron chi connectivity index (χ2n) is 2.73. The monoisotopic (exact) mass is 190 g/mol. The Balaban J connectivity index is 0.000000605. The Morgan fingerprint density at radius 1 is 1.55 bits per heavy atom. The van der Waals surface area contributed by atoms with Gasteiger partial charge in [-0.05, 0) is 18.8 Å². The number of nitrogen functional groups attached to an aromatic ring is 1. The summed E-state index contributed by atoms with van der Waals surface area (Å²) in [5.41, 5.74) is 5.50. The fourth-order valence-electron chi connectivity index (χ4n) is 1.18. The minimum atomic E-state index is 0. The van der Waals surface area contributed by atoms with E-state index in [-0.39, 0.29) is 12.4 Å². The maximum Gasteiger partial charge on any atom is 0.180 e. The summed E-state index contributed by atoms with van der Waals surface area (Å²) in [6, 6.07) is 0. The molecule has 0 aliphatic heterocycles. The molecule has 0 unspecified atom stereocenters. The molecule has 1 saturated carbocycles. The molecule has 2 N–H and O–H groups in total. The van der Waals surface area contributed by atoms with Gasteiger partial charge in [-0.25, -0.2) is 4.98 Å². The number of nitrogens with two attached hydrogens (primary N) is 1. The largest absolute Gasteiger partial charge is 0.375 e. The molecule has 62 valence electrons. The molecule has 2 rings (SSSR count). The van der Waals surface area contributed by atoms with Gasteiger partial charge in [-0.3, -0.25) is 0 Å². The summed E-state index contributed by atoms with van der Waals surface area (Å²) >= 11 is 1.64. The predicted molar refractivity (Wildman–Crippen MR) is 50.4 cm³/mol. The Kier molecular flexibility index (Phi) is 2.73. The molecule has 1 heterocycles. The van der Waals surface area contributed by atoms with Crippen molar-refractivity contribution >= 4 is 28.9 Å². The third-order valence-electron chi connectivity index (χ3n) is 2.05. The summed E-state index contributed by atoms with van der Waals surface area (Å²) < 4.78 is 0. The van der Waals surface area contributed by atoms with Crippen LogP contribution in [0.25, 0.3) is 0 Å². The summed E-state index contributed by atoms with van der Waals surface area (Å²) in [7, 11) is 0. The van der Waals surface area contributed by atoms with Crippen LogP contribution < -0.4 is 5.73 Å². The molecule has 0 spiro atoms. The van der Waals surface area contributed by atoms with E-state index in [1.54, 1.807) is 11.3 Å². The highest BCUT2D eigenvalue weighted by Crippen LogP contribution is 2.39. The molecule has 1 fully saturated rings. The topological polar surface area (TPSA) is 38.9 Å². The van der Waals surface area contributed by atoms with Gasteiger partial charge < -0.3 is 5.73 Å². The summed E-state index contributed by atoms with van der Waals surface area (Å²) in [5, 5.41) is 0.710. The van der Waals surface area contributed by atoms with Gasteiger partial charge in [0.1, 0.15) is 0 Å². The predicted octanol–water partition coefficient (Wildman–Crippen LogP) is 2.41. The Labute approximate surface area is 76.2 Å². The molecule has 1 aliphatic rings. The minimum Gasteiger partial charge on any atom is -0.375 e. The van der Waals surface area contributed by atoms with Crippen molar-refractivity contribution in [3.05, 3.63) is 11.1 Å². The molecular formula is C7H11ClN2S. The summed E-state index contributed by atoms with van der Waals surface area (Å²) in [4.78, 5) is 5.39. The van der Waals surface area contributed by atoms with Crippen LogP contribution >= 0.6 is 23.7 Å². The minimum absolute atomic E-state index is 0. The van der Waals surface area contributed by atoms with Gasteiger partial charge in [-0.1, -0.05) is 6.42 Å². The van der Waals surface area contributed by atoms with Crippen molar-refractivity contribution in [2.24, 2.45) is 0 Å². The molecule has 0 aromatic carbocycles. The average molecular weight is 191 g/mol. The van der Waals surface area contributed by atoms with Crippen LogP contribution in [0.2, 0.25) is 0 Å². The number of thiazole rings is 1. The first-order valence-corrected chi connectivity index (χ1v) is 4.39. The highest BCUT2D eigenvalue weighted by Gasteiger charge is 2.20. The first-order valence-electron chi connectivity index (χ1n) is 3.57. The van der Waals surface area contributed by atoms with Gasteiger partial charge in [0.25, 0.3) is 0 Å². The highest BCUT2D eigenvalue weighted by molar-refractivity contribution is 7.15. The zero-order valence-electron chi connectivity index (χ0n) is 6.12. The van der Waals surface area contributed by atoms with Gasteiger partial charge in [-0.2, -0.15) is 0 Å². The van der Waals surface area contributed by atoms with Crippen molar-refractivity contribution in [1.82, 2.24) is 4.98 Å². The second-order valence-corrected chi connectivity index (χ2v) is 3.82. The average Bonchev–Trinajstić information content (AvgIpc) is 2.10. The molecule has 1 aromatic heterocycles. The first kappa shape index (κ1) is 8.81. The van der Waals surface area contributed by atoms with Gasteiger partial charge in [0.15, 0.2) is 5.13 Å². The van der Waals surface area contributed by atoms with Crippen LogP contribution in [-0.4, -0.2) is 4.98 Å². The molecule has 0 amide bonds. The van der Waals surface area contributed by atoms with Crippen LogP contribution in [0.1, 0.15) is 30.1 Å². The van der Waals surface area contributed by atoms with Gasteiger partial charge in [-0.15, -0.1) is 23.7 Å². The van der Waals surface area contributed by atoms with Crippen molar-refractivity contribution in [2.75, 3.05) is 5.73 Å². The first-order chi connectivity index (χ1) is 4.86. The zero-order chi connectivity index (χ0) is 6.97. The molecule has 4 heteroatoms. The molecule has 1 aliphatic carbocycles. The molecule has 1 aromatic rings. The summed E-state index contributed by atoms with van der Waals surface area (Å²) in [6.07, 6.45) is 5.97. The number of rotatable bonds is 1. The lowest BCUT2D eigenvalue weighted by Crippen LogP contribution is -2.06. The van der Waals surface area contributed by atoms with E-state index in [4.69, 9.17) is 5.73 Å². The van der Waals surface area contributed by atoms with Crippen LogP contribution in [0, 0.1) is 0 Å². The zero-order valence-corrected chi connectivity index (χ0v) is 7.75. The van der Waals surface area contributed by atoms with E-state index in [0.29, 0.717) is 5.13 Å². The van der Waals surface area contributed by atoms with Gasteiger partial charge in [0.05, 0.1) is 0 Å². The second kappa shape index (κ2) is 3.41. The summed E-state index contributed by atoms with van der Waals surface area (Å²) in [5.74, 6) is 0.787. The van der Waals surface area contributed by atoms with E-state index in [9.17, 15) is 0 Å². The van der Waals surface area contributed by atoms with E-state index < -0.39 is 0 Å². The van der Waals surface area contributed by atoms with Gasteiger partial charge >= 0.3 is 0 Å². The number of halogens is 1. The highest BCUT2D eigenvalue weighted by atomic mass is 35.5. The van der Waals surface area contributed by atoms with E-state index in [1.165, 1.54) is 24.1 Å². The molecule has 2 nitrogen and oxygen atoms in total. The van der Waals surface area contributed by atoms with Gasteiger partial charge in [0, 0.05) is 11.1 Å². The third-order valence-corrected chi connectivity index (χ3v) is 3.04. The van der Waals surface area contributed by atoms with Crippen molar-refractivity contribution in [2.45, 2.75) is 25.2 Å². The molecular weight excluding hydrogens is 180 g/mol. The molecule has 0 atom stereocenters. The number of nitrogens with zero attached hydrogens (tertiary/aromatic N) is 1. The number of hydrogen-bond acceptors (Lipinski definition) is 3. The van der Waals surface area contributed by atoms with E-state index in [0.717, 1.165) is 5.92 Å². The van der Waals surface area contributed by atoms with Crippen molar-refractivity contribution in [1.29, 1.82) is 0 Å². The van der Waals surface area contributed by atoms with Crippen molar-refractivity contribution in [3.63, 3.8) is 0 Å². The van der Waals surface area contributed by atoms with Crippen LogP contribution in [0.4, 0.5) is 5.13 Å². The third kappa shape index (κ3) is 1.65. The van der Waals surface area contributed by atoms with Crippen LogP contribution in [0.5, 0.6) is 0 Å². The quantitative estimate of drug-likeness (QED) is 0.739. The lowest BCUT2D eigenvalue weighted by atomic mass is 9.85. The summed E-state index contributed by atoms with van der Waals surface area (Å²) in [6.45, 7) is 0. The Morgan fingerprint density at radius 2 is 2.27 bits per heavy atom. The Hall–Kier alpha value is -0.280. The van der Waals surface area contributed by atoms with E-state index in [1.807, 2.05) is 6.20 Å². The normalized spacial score (nSPS) is 17.1. The maximum absolute atomic E-state index is 5.50. The number of hydrogen-bond donors (Lipinski definition) is 1. The van der Waals surface area contributed by atoms with E-state index >= 15 is 0 Å². The Morgan fingerprint density at radius 3 is 2.64 bits per heavy atom. The Bertz CT molecular complexity index is 232. The number of anilines is 1. The SMILES string of the molecule is Cl.Nc1ncc(C2CCC2)s1. The maximum atomic E-state index is 5.50. The number of aromatic nitrogens is 1. The fraction of sp³-hybridized carbons (Fsp3) is 0.571. The van der Waals surface area contributed by atoms with Crippen LogP contribution in [-0.2, 0) is 0 Å². The lowest BCUT2D eigenvalue weighted by molar-refractivity contribution is 0.425. The van der Waals surface area contributed by atoms with Crippen LogP contribution in [0.3, 0.4) is 0 Å².